The number of rotatable bonds is 3. The first-order valence-electron chi connectivity index (χ1n) is 7.39. The van der Waals surface area contributed by atoms with Gasteiger partial charge in [0.1, 0.15) is 5.54 Å². The minimum Gasteiger partial charge on any atom is -0.349 e. The van der Waals surface area contributed by atoms with Crippen molar-refractivity contribution in [2.45, 2.75) is 58.2 Å². The molecule has 2 amide bonds. The fourth-order valence-electron chi connectivity index (χ4n) is 2.64. The van der Waals surface area contributed by atoms with E-state index in [0.717, 1.165) is 5.56 Å². The third-order valence-electron chi connectivity index (χ3n) is 3.88. The van der Waals surface area contributed by atoms with Crippen LogP contribution in [0, 0.1) is 0 Å². The molecule has 1 aromatic rings. The van der Waals surface area contributed by atoms with E-state index < -0.39 is 5.54 Å². The van der Waals surface area contributed by atoms with Gasteiger partial charge in [-0.1, -0.05) is 30.3 Å². The van der Waals surface area contributed by atoms with Crippen LogP contribution in [0.15, 0.2) is 30.3 Å². The number of nitrogens with one attached hydrogen (secondary N) is 1. The molecule has 1 unspecified atom stereocenters. The molecule has 0 saturated carbocycles. The lowest BCUT2D eigenvalue weighted by Crippen LogP contribution is -2.57. The zero-order valence-electron chi connectivity index (χ0n) is 13.3. The van der Waals surface area contributed by atoms with Crippen LogP contribution in [-0.2, 0) is 16.1 Å². The zero-order chi connectivity index (χ0) is 15.7. The molecule has 114 valence electrons. The number of hydrogen-bond donors (Lipinski definition) is 1. The second-order valence-corrected chi connectivity index (χ2v) is 6.94. The first-order chi connectivity index (χ1) is 9.72. The number of carbonyl (C=O) groups is 2. The molecule has 21 heavy (non-hydrogen) atoms. The smallest absolute Gasteiger partial charge is 0.246 e. The molecular weight excluding hydrogens is 264 g/mol. The van der Waals surface area contributed by atoms with Crippen LogP contribution in [0.4, 0.5) is 0 Å². The van der Waals surface area contributed by atoms with Crippen molar-refractivity contribution in [3.05, 3.63) is 35.9 Å². The SMILES string of the molecule is CC(C)(C)NC(=O)C1(C)CCC(=O)N1Cc1ccccc1. The van der Waals surface area contributed by atoms with Crippen LogP contribution in [0.25, 0.3) is 0 Å². The molecule has 2 rings (SSSR count). The molecule has 1 aliphatic heterocycles. The Morgan fingerprint density at radius 2 is 1.90 bits per heavy atom. The average molecular weight is 288 g/mol. The molecule has 1 saturated heterocycles. The van der Waals surface area contributed by atoms with Crippen LogP contribution in [0.3, 0.4) is 0 Å². The van der Waals surface area contributed by atoms with Gasteiger partial charge in [-0.05, 0) is 39.7 Å². The van der Waals surface area contributed by atoms with Crippen LogP contribution >= 0.6 is 0 Å². The minimum absolute atomic E-state index is 0.0467. The maximum atomic E-state index is 12.6. The fourth-order valence-corrected chi connectivity index (χ4v) is 2.64. The average Bonchev–Trinajstić information content (AvgIpc) is 2.68. The Kier molecular flexibility index (Phi) is 4.08. The lowest BCUT2D eigenvalue weighted by atomic mass is 9.95. The third kappa shape index (κ3) is 3.43. The minimum atomic E-state index is -0.764. The molecule has 1 atom stereocenters. The van der Waals surface area contributed by atoms with E-state index in [-0.39, 0.29) is 17.4 Å². The monoisotopic (exact) mass is 288 g/mol. The van der Waals surface area contributed by atoms with Gasteiger partial charge in [-0.15, -0.1) is 0 Å². The van der Waals surface area contributed by atoms with Crippen molar-refractivity contribution in [1.82, 2.24) is 10.2 Å². The quantitative estimate of drug-likeness (QED) is 0.929. The summed E-state index contributed by atoms with van der Waals surface area (Å²) in [5.74, 6) is -0.0257. The summed E-state index contributed by atoms with van der Waals surface area (Å²) in [5.41, 5.74) is -0.0211. The number of benzene rings is 1. The van der Waals surface area contributed by atoms with Gasteiger partial charge in [-0.25, -0.2) is 0 Å². The molecule has 0 aromatic heterocycles. The van der Waals surface area contributed by atoms with Crippen molar-refractivity contribution in [2.75, 3.05) is 0 Å². The molecule has 0 radical (unpaired) electrons. The molecule has 0 aliphatic carbocycles. The van der Waals surface area contributed by atoms with E-state index in [2.05, 4.69) is 5.32 Å². The maximum Gasteiger partial charge on any atom is 0.246 e. The molecule has 0 spiro atoms. The largest absolute Gasteiger partial charge is 0.349 e. The number of carbonyl (C=O) groups excluding carboxylic acids is 2. The second-order valence-electron chi connectivity index (χ2n) is 6.94. The summed E-state index contributed by atoms with van der Waals surface area (Å²) < 4.78 is 0. The van der Waals surface area contributed by atoms with E-state index in [1.54, 1.807) is 4.90 Å². The van der Waals surface area contributed by atoms with Gasteiger partial charge in [0.25, 0.3) is 0 Å². The summed E-state index contributed by atoms with van der Waals surface area (Å²) in [4.78, 5) is 26.5. The molecular formula is C17H24N2O2. The van der Waals surface area contributed by atoms with Crippen molar-refractivity contribution in [3.63, 3.8) is 0 Å². The Morgan fingerprint density at radius 3 is 2.48 bits per heavy atom. The second kappa shape index (κ2) is 5.51. The number of likely N-dealkylation sites (tertiary alicyclic amines) is 1. The van der Waals surface area contributed by atoms with Gasteiger partial charge >= 0.3 is 0 Å². The maximum absolute atomic E-state index is 12.6. The summed E-state index contributed by atoms with van der Waals surface area (Å²) >= 11 is 0. The van der Waals surface area contributed by atoms with E-state index in [4.69, 9.17) is 0 Å². The van der Waals surface area contributed by atoms with Gasteiger partial charge in [0.2, 0.25) is 11.8 Å². The van der Waals surface area contributed by atoms with E-state index in [1.165, 1.54) is 0 Å². The van der Waals surface area contributed by atoms with Gasteiger partial charge in [0, 0.05) is 18.5 Å². The molecule has 4 heteroatoms. The molecule has 4 nitrogen and oxygen atoms in total. The van der Waals surface area contributed by atoms with Crippen LogP contribution in [0.1, 0.15) is 46.1 Å². The molecule has 1 heterocycles. The van der Waals surface area contributed by atoms with Gasteiger partial charge in [0.05, 0.1) is 0 Å². The number of hydrogen-bond acceptors (Lipinski definition) is 2. The first-order valence-corrected chi connectivity index (χ1v) is 7.39. The van der Waals surface area contributed by atoms with Gasteiger partial charge < -0.3 is 10.2 Å². The predicted molar refractivity (Wildman–Crippen MR) is 82.5 cm³/mol. The standard InChI is InChI=1S/C17H24N2O2/c1-16(2,3)18-15(21)17(4)11-10-14(20)19(17)12-13-8-6-5-7-9-13/h5-9H,10-12H2,1-4H3,(H,18,21). The predicted octanol–water partition coefficient (Wildman–Crippen LogP) is 2.48. The molecule has 1 aliphatic rings. The van der Waals surface area contributed by atoms with Crippen LogP contribution in [-0.4, -0.2) is 27.8 Å². The Bertz CT molecular complexity index is 533. The van der Waals surface area contributed by atoms with Crippen molar-refractivity contribution in [3.8, 4) is 0 Å². The first kappa shape index (κ1) is 15.5. The highest BCUT2D eigenvalue weighted by Crippen LogP contribution is 2.32. The summed E-state index contributed by atoms with van der Waals surface area (Å²) in [6.07, 6.45) is 1.00. The highest BCUT2D eigenvalue weighted by Gasteiger charge is 2.47. The van der Waals surface area contributed by atoms with E-state index in [9.17, 15) is 9.59 Å². The van der Waals surface area contributed by atoms with Crippen LogP contribution in [0.2, 0.25) is 0 Å². The topological polar surface area (TPSA) is 49.4 Å². The van der Waals surface area contributed by atoms with Gasteiger partial charge in [-0.3, -0.25) is 9.59 Å². The Morgan fingerprint density at radius 1 is 1.29 bits per heavy atom. The number of amides is 2. The summed E-state index contributed by atoms with van der Waals surface area (Å²) in [5, 5.41) is 3.01. The fraction of sp³-hybridized carbons (Fsp3) is 0.529. The summed E-state index contributed by atoms with van der Waals surface area (Å²) in [7, 11) is 0. The Labute approximate surface area is 126 Å². The highest BCUT2D eigenvalue weighted by atomic mass is 16.2. The van der Waals surface area contributed by atoms with Crippen LogP contribution in [0.5, 0.6) is 0 Å². The third-order valence-corrected chi connectivity index (χ3v) is 3.88. The Balaban J connectivity index is 2.21. The summed E-state index contributed by atoms with van der Waals surface area (Å²) in [6.45, 7) is 8.20. The van der Waals surface area contributed by atoms with E-state index in [0.29, 0.717) is 19.4 Å². The highest BCUT2D eigenvalue weighted by molar-refractivity contribution is 5.94. The Hall–Kier alpha value is -1.84. The molecule has 1 N–H and O–H groups in total. The normalized spacial score (nSPS) is 22.5. The van der Waals surface area contributed by atoms with Crippen LogP contribution < -0.4 is 5.32 Å². The molecule has 1 aromatic carbocycles. The zero-order valence-corrected chi connectivity index (χ0v) is 13.3. The van der Waals surface area contributed by atoms with Crippen molar-refractivity contribution >= 4 is 11.8 Å². The van der Waals surface area contributed by atoms with E-state index >= 15 is 0 Å². The number of nitrogens with zero attached hydrogens (tertiary/aromatic N) is 1. The molecule has 1 fully saturated rings. The molecule has 0 bridgehead atoms. The van der Waals surface area contributed by atoms with Gasteiger partial charge in [-0.2, -0.15) is 0 Å². The lowest BCUT2D eigenvalue weighted by Gasteiger charge is -2.36. The van der Waals surface area contributed by atoms with Crippen molar-refractivity contribution < 1.29 is 9.59 Å². The van der Waals surface area contributed by atoms with Crippen molar-refractivity contribution in [2.24, 2.45) is 0 Å². The van der Waals surface area contributed by atoms with Crippen molar-refractivity contribution in [1.29, 1.82) is 0 Å². The summed E-state index contributed by atoms with van der Waals surface area (Å²) in [6, 6.07) is 9.80. The van der Waals surface area contributed by atoms with E-state index in [1.807, 2.05) is 58.0 Å². The van der Waals surface area contributed by atoms with Gasteiger partial charge in [0.15, 0.2) is 0 Å². The lowest BCUT2D eigenvalue weighted by molar-refractivity contribution is -0.142.